The van der Waals surface area contributed by atoms with Crippen LogP contribution in [0.15, 0.2) is 10.8 Å². The first-order valence-corrected chi connectivity index (χ1v) is 2.77. The van der Waals surface area contributed by atoms with Gasteiger partial charge in [-0.15, -0.1) is 10.2 Å². The van der Waals surface area contributed by atoms with Gasteiger partial charge in [-0.3, -0.25) is 4.79 Å². The second kappa shape index (κ2) is 2.47. The van der Waals surface area contributed by atoms with E-state index in [-0.39, 0.29) is 5.89 Å². The molecule has 1 heterocycles. The molecule has 0 aliphatic heterocycles. The molecule has 0 saturated heterocycles. The lowest BCUT2D eigenvalue weighted by Gasteiger charge is -1.97. The molecule has 2 N–H and O–H groups in total. The van der Waals surface area contributed by atoms with Crippen molar-refractivity contribution in [3.05, 3.63) is 12.3 Å². The Morgan fingerprint density at radius 2 is 2.60 bits per heavy atom. The number of amides is 1. The summed E-state index contributed by atoms with van der Waals surface area (Å²) in [6.07, 6.45) is 1.16. The summed E-state index contributed by atoms with van der Waals surface area (Å²) in [5, 5.41) is 6.92. The number of carbonyl (C=O) groups is 1. The molecule has 5 nitrogen and oxygen atoms in total. The van der Waals surface area contributed by atoms with Crippen LogP contribution in [0, 0.1) is 0 Å². The van der Waals surface area contributed by atoms with E-state index in [4.69, 9.17) is 10.2 Å². The van der Waals surface area contributed by atoms with Gasteiger partial charge in [0, 0.05) is 0 Å². The topological polar surface area (TPSA) is 82.0 Å². The number of hydrogen-bond donors (Lipinski definition) is 1. The number of carbonyl (C=O) groups excluding carboxylic acids is 1. The second-order valence-corrected chi connectivity index (χ2v) is 1.90. The lowest BCUT2D eigenvalue weighted by molar-refractivity contribution is -0.119. The van der Waals surface area contributed by atoms with Gasteiger partial charge in [0.05, 0.1) is 0 Å². The minimum absolute atomic E-state index is 0.257. The molecule has 5 heteroatoms. The quantitative estimate of drug-likeness (QED) is 0.610. The smallest absolute Gasteiger partial charge is 0.229 e. The lowest BCUT2D eigenvalue weighted by atomic mass is 10.2. The summed E-state index contributed by atoms with van der Waals surface area (Å²) in [6, 6.07) is 0. The van der Waals surface area contributed by atoms with E-state index >= 15 is 0 Å². The highest BCUT2D eigenvalue weighted by Gasteiger charge is 2.15. The summed E-state index contributed by atoms with van der Waals surface area (Å²) >= 11 is 0. The molecule has 0 aliphatic rings. The minimum Gasteiger partial charge on any atom is -0.427 e. The van der Waals surface area contributed by atoms with Crippen LogP contribution in [-0.2, 0) is 4.79 Å². The maximum absolute atomic E-state index is 10.5. The second-order valence-electron chi connectivity index (χ2n) is 1.90. The van der Waals surface area contributed by atoms with Gasteiger partial charge in [0.15, 0.2) is 0 Å². The molecule has 0 bridgehead atoms. The molecule has 0 fully saturated rings. The zero-order chi connectivity index (χ0) is 7.56. The molecule has 1 amide bonds. The molecule has 1 aromatic heterocycles. The van der Waals surface area contributed by atoms with Crippen molar-refractivity contribution in [1.82, 2.24) is 10.2 Å². The van der Waals surface area contributed by atoms with Crippen LogP contribution in [0.2, 0.25) is 0 Å². The molecule has 0 saturated carbocycles. The van der Waals surface area contributed by atoms with Crippen molar-refractivity contribution in [3.8, 4) is 0 Å². The van der Waals surface area contributed by atoms with Gasteiger partial charge in [0.1, 0.15) is 5.92 Å². The van der Waals surface area contributed by atoms with Crippen LogP contribution in [0.5, 0.6) is 0 Å². The maximum atomic E-state index is 10.5. The third-order valence-corrected chi connectivity index (χ3v) is 1.17. The largest absolute Gasteiger partial charge is 0.427 e. The monoisotopic (exact) mass is 141 g/mol. The Bertz CT molecular complexity index is 219. The Balaban J connectivity index is 2.77. The Hall–Kier alpha value is -1.39. The van der Waals surface area contributed by atoms with Crippen molar-refractivity contribution in [2.24, 2.45) is 5.73 Å². The van der Waals surface area contributed by atoms with Gasteiger partial charge in [-0.1, -0.05) is 0 Å². The molecule has 0 spiro atoms. The summed E-state index contributed by atoms with van der Waals surface area (Å²) < 4.78 is 4.73. The fourth-order valence-electron chi connectivity index (χ4n) is 0.492. The number of rotatable bonds is 2. The van der Waals surface area contributed by atoms with Crippen LogP contribution in [-0.4, -0.2) is 16.1 Å². The zero-order valence-corrected chi connectivity index (χ0v) is 5.44. The van der Waals surface area contributed by atoms with E-state index < -0.39 is 11.8 Å². The number of nitrogens with zero attached hydrogens (tertiary/aromatic N) is 2. The molecular weight excluding hydrogens is 134 g/mol. The fraction of sp³-hybridized carbons (Fsp3) is 0.400. The van der Waals surface area contributed by atoms with Gasteiger partial charge in [-0.25, -0.2) is 0 Å². The molecule has 0 aliphatic carbocycles. The molecule has 1 atom stereocenters. The van der Waals surface area contributed by atoms with Crippen molar-refractivity contribution < 1.29 is 9.21 Å². The zero-order valence-electron chi connectivity index (χ0n) is 5.44. The van der Waals surface area contributed by atoms with Gasteiger partial charge in [0.2, 0.25) is 18.2 Å². The van der Waals surface area contributed by atoms with Gasteiger partial charge < -0.3 is 10.2 Å². The Morgan fingerprint density at radius 3 is 3.00 bits per heavy atom. The highest BCUT2D eigenvalue weighted by Crippen LogP contribution is 2.08. The Morgan fingerprint density at radius 1 is 1.90 bits per heavy atom. The van der Waals surface area contributed by atoms with Crippen LogP contribution in [0.4, 0.5) is 0 Å². The third-order valence-electron chi connectivity index (χ3n) is 1.17. The first-order valence-electron chi connectivity index (χ1n) is 2.77. The van der Waals surface area contributed by atoms with Crippen molar-refractivity contribution in [2.45, 2.75) is 12.8 Å². The number of aromatic nitrogens is 2. The van der Waals surface area contributed by atoms with E-state index in [1.54, 1.807) is 6.92 Å². The summed E-state index contributed by atoms with van der Waals surface area (Å²) in [4.78, 5) is 10.5. The van der Waals surface area contributed by atoms with E-state index in [0.717, 1.165) is 6.39 Å². The molecule has 0 aromatic carbocycles. The van der Waals surface area contributed by atoms with E-state index in [1.807, 2.05) is 0 Å². The van der Waals surface area contributed by atoms with Gasteiger partial charge in [-0.2, -0.15) is 0 Å². The summed E-state index contributed by atoms with van der Waals surface area (Å²) in [5.74, 6) is -0.709. The average Bonchev–Trinajstić information content (AvgIpc) is 2.36. The first kappa shape index (κ1) is 6.73. The van der Waals surface area contributed by atoms with Crippen molar-refractivity contribution in [2.75, 3.05) is 0 Å². The van der Waals surface area contributed by atoms with Gasteiger partial charge in [-0.05, 0) is 6.92 Å². The van der Waals surface area contributed by atoms with Gasteiger partial charge in [0.25, 0.3) is 0 Å². The van der Waals surface area contributed by atoms with E-state index in [2.05, 4.69) is 10.2 Å². The number of primary amides is 1. The SMILES string of the molecule is CC(C(N)=O)c1nnco1. The highest BCUT2D eigenvalue weighted by molar-refractivity contribution is 5.80. The van der Waals surface area contributed by atoms with Crippen LogP contribution < -0.4 is 5.73 Å². The standard InChI is InChI=1S/C5H7N3O2/c1-3(4(6)9)5-8-7-2-10-5/h2-3H,1H3,(H2,6,9). The molecule has 0 radical (unpaired) electrons. The fourth-order valence-corrected chi connectivity index (χ4v) is 0.492. The number of hydrogen-bond acceptors (Lipinski definition) is 4. The summed E-state index contributed by atoms with van der Waals surface area (Å²) in [6.45, 7) is 1.61. The number of nitrogens with two attached hydrogens (primary N) is 1. The highest BCUT2D eigenvalue weighted by atomic mass is 16.4. The van der Waals surface area contributed by atoms with E-state index in [9.17, 15) is 4.79 Å². The first-order chi connectivity index (χ1) is 4.72. The molecule has 10 heavy (non-hydrogen) atoms. The van der Waals surface area contributed by atoms with Crippen LogP contribution in [0.3, 0.4) is 0 Å². The molecular formula is C5H7N3O2. The third kappa shape index (κ3) is 1.12. The van der Waals surface area contributed by atoms with Crippen LogP contribution in [0.1, 0.15) is 18.7 Å². The maximum Gasteiger partial charge on any atom is 0.229 e. The normalized spacial score (nSPS) is 12.9. The predicted molar refractivity (Wildman–Crippen MR) is 31.9 cm³/mol. The molecule has 1 aromatic rings. The Labute approximate surface area is 57.2 Å². The lowest BCUT2D eigenvalue weighted by Crippen LogP contribution is -2.18. The minimum atomic E-state index is -0.498. The average molecular weight is 141 g/mol. The van der Waals surface area contributed by atoms with E-state index in [0.29, 0.717) is 0 Å². The predicted octanol–water partition coefficient (Wildman–Crippen LogP) is -0.342. The van der Waals surface area contributed by atoms with Crippen molar-refractivity contribution in [3.63, 3.8) is 0 Å². The summed E-state index contributed by atoms with van der Waals surface area (Å²) in [7, 11) is 0. The summed E-state index contributed by atoms with van der Waals surface area (Å²) in [5.41, 5.74) is 4.96. The Kier molecular flexibility index (Phi) is 1.66. The molecule has 1 rings (SSSR count). The van der Waals surface area contributed by atoms with Crippen molar-refractivity contribution >= 4 is 5.91 Å². The van der Waals surface area contributed by atoms with Crippen molar-refractivity contribution in [1.29, 1.82) is 0 Å². The van der Waals surface area contributed by atoms with Crippen LogP contribution in [0.25, 0.3) is 0 Å². The molecule has 1 unspecified atom stereocenters. The van der Waals surface area contributed by atoms with Gasteiger partial charge >= 0.3 is 0 Å². The van der Waals surface area contributed by atoms with E-state index in [1.165, 1.54) is 0 Å². The van der Waals surface area contributed by atoms with Crippen LogP contribution >= 0.6 is 0 Å². The molecule has 54 valence electrons.